The number of benzene rings is 1. The molecule has 0 aliphatic heterocycles. The largest absolute Gasteiger partial charge is 0.478 e. The number of nitro benzene ring substituents is 1. The number of rotatable bonds is 5. The first-order valence-corrected chi connectivity index (χ1v) is 7.70. The summed E-state index contributed by atoms with van der Waals surface area (Å²) in [5, 5.41) is 29.7. The molecule has 0 spiro atoms. The lowest BCUT2D eigenvalue weighted by Gasteiger charge is -2.06. The third-order valence-corrected chi connectivity index (χ3v) is 4.19. The summed E-state index contributed by atoms with van der Waals surface area (Å²) in [5.41, 5.74) is -2.10. The van der Waals surface area contributed by atoms with Gasteiger partial charge in [-0.25, -0.2) is 9.59 Å². The monoisotopic (exact) mass is 388 g/mol. The van der Waals surface area contributed by atoms with Gasteiger partial charge in [-0.2, -0.15) is 0 Å². The van der Waals surface area contributed by atoms with Crippen LogP contribution in [0.4, 0.5) is 5.69 Å². The number of halogens is 1. The lowest BCUT2D eigenvalue weighted by Crippen LogP contribution is -2.13. The van der Waals surface area contributed by atoms with Crippen molar-refractivity contribution in [3.05, 3.63) is 80.1 Å². The third-order valence-electron chi connectivity index (χ3n) is 3.89. The van der Waals surface area contributed by atoms with Gasteiger partial charge in [-0.3, -0.25) is 19.3 Å². The van der Waals surface area contributed by atoms with E-state index in [1.807, 2.05) is 0 Å². The Morgan fingerprint density at radius 3 is 2.07 bits per heavy atom. The number of ketones is 1. The minimum Gasteiger partial charge on any atom is -0.478 e. The van der Waals surface area contributed by atoms with Crippen molar-refractivity contribution >= 4 is 40.5 Å². The standard InChI is InChI=1S/C17H9ClN2O7/c18-11-3-1-2-10-12(16(22)23)13(17(24)25)14(19(10)11)15(21)8-4-6-9(7-5-8)20(26)27/h1-7H,(H,22,23)(H,24,25). The molecular formula is C17H9ClN2O7. The Morgan fingerprint density at radius 2 is 1.56 bits per heavy atom. The molecule has 2 aromatic heterocycles. The van der Waals surface area contributed by atoms with Gasteiger partial charge in [0.15, 0.2) is 0 Å². The van der Waals surface area contributed by atoms with E-state index in [4.69, 9.17) is 11.6 Å². The topological polar surface area (TPSA) is 139 Å². The molecule has 2 heterocycles. The van der Waals surface area contributed by atoms with Crippen molar-refractivity contribution in [1.29, 1.82) is 0 Å². The van der Waals surface area contributed by atoms with Crippen LogP contribution in [-0.2, 0) is 0 Å². The quantitative estimate of drug-likeness (QED) is 0.296. The predicted octanol–water partition coefficient (Wildman–Crippen LogP) is 3.13. The van der Waals surface area contributed by atoms with Crippen LogP contribution in [0.5, 0.6) is 0 Å². The van der Waals surface area contributed by atoms with Crippen molar-refractivity contribution in [2.75, 3.05) is 0 Å². The fourth-order valence-electron chi connectivity index (χ4n) is 2.77. The molecule has 27 heavy (non-hydrogen) atoms. The maximum Gasteiger partial charge on any atom is 0.338 e. The number of fused-ring (bicyclic) bond motifs is 1. The number of aromatic carboxylic acids is 2. The van der Waals surface area contributed by atoms with E-state index >= 15 is 0 Å². The summed E-state index contributed by atoms with van der Waals surface area (Å²) >= 11 is 6.09. The van der Waals surface area contributed by atoms with E-state index < -0.39 is 39.5 Å². The third kappa shape index (κ3) is 2.89. The molecule has 3 rings (SSSR count). The van der Waals surface area contributed by atoms with Gasteiger partial charge in [-0.15, -0.1) is 0 Å². The second-order valence-corrected chi connectivity index (χ2v) is 5.80. The van der Waals surface area contributed by atoms with Crippen LogP contribution in [0.1, 0.15) is 36.8 Å². The average Bonchev–Trinajstić information content (AvgIpc) is 2.98. The fraction of sp³-hybridized carbons (Fsp3) is 0. The Bertz CT molecular complexity index is 1130. The smallest absolute Gasteiger partial charge is 0.338 e. The minimum atomic E-state index is -1.61. The van der Waals surface area contributed by atoms with Crippen LogP contribution in [0, 0.1) is 10.1 Å². The van der Waals surface area contributed by atoms with Crippen LogP contribution in [0.15, 0.2) is 42.5 Å². The van der Waals surface area contributed by atoms with E-state index in [0.29, 0.717) is 0 Å². The van der Waals surface area contributed by atoms with Gasteiger partial charge in [-0.05, 0) is 24.3 Å². The minimum absolute atomic E-state index is 0.0561. The van der Waals surface area contributed by atoms with Crippen molar-refractivity contribution < 1.29 is 29.5 Å². The number of carbonyl (C=O) groups excluding carboxylic acids is 1. The lowest BCUT2D eigenvalue weighted by atomic mass is 10.0. The van der Waals surface area contributed by atoms with E-state index in [9.17, 15) is 34.7 Å². The predicted molar refractivity (Wildman–Crippen MR) is 92.9 cm³/mol. The van der Waals surface area contributed by atoms with E-state index in [2.05, 4.69) is 0 Å². The van der Waals surface area contributed by atoms with Crippen LogP contribution in [-0.4, -0.2) is 37.3 Å². The number of aromatic nitrogens is 1. The maximum atomic E-state index is 12.9. The van der Waals surface area contributed by atoms with E-state index in [1.165, 1.54) is 18.2 Å². The van der Waals surface area contributed by atoms with Gasteiger partial charge < -0.3 is 10.2 Å². The van der Waals surface area contributed by atoms with Crippen molar-refractivity contribution in [3.8, 4) is 0 Å². The van der Waals surface area contributed by atoms with Crippen molar-refractivity contribution in [2.24, 2.45) is 0 Å². The van der Waals surface area contributed by atoms with E-state index in [0.717, 1.165) is 28.7 Å². The van der Waals surface area contributed by atoms with Gasteiger partial charge in [0.2, 0.25) is 5.78 Å². The van der Waals surface area contributed by atoms with Crippen molar-refractivity contribution in [1.82, 2.24) is 4.40 Å². The van der Waals surface area contributed by atoms with Crippen LogP contribution >= 0.6 is 11.6 Å². The number of nitrogens with zero attached hydrogens (tertiary/aromatic N) is 2. The molecule has 0 radical (unpaired) electrons. The van der Waals surface area contributed by atoms with Gasteiger partial charge in [-0.1, -0.05) is 17.7 Å². The molecule has 0 bridgehead atoms. The first-order valence-electron chi connectivity index (χ1n) is 7.32. The molecule has 136 valence electrons. The number of carboxylic acid groups (broad SMARTS) is 2. The molecule has 1 aromatic carbocycles. The number of hydrogen-bond acceptors (Lipinski definition) is 5. The molecule has 0 aliphatic rings. The first kappa shape index (κ1) is 18.1. The van der Waals surface area contributed by atoms with Gasteiger partial charge in [0, 0.05) is 17.7 Å². The molecule has 3 aromatic rings. The molecule has 2 N–H and O–H groups in total. The molecule has 0 unspecified atom stereocenters. The summed E-state index contributed by atoms with van der Waals surface area (Å²) < 4.78 is 1.04. The SMILES string of the molecule is O=C(O)c1c(C(=O)O)c2cccc(Cl)n2c1C(=O)c1ccc([N+](=O)[O-])cc1. The first-order chi connectivity index (χ1) is 12.7. The average molecular weight is 389 g/mol. The van der Waals surface area contributed by atoms with Gasteiger partial charge >= 0.3 is 11.9 Å². The molecule has 0 saturated carbocycles. The Kier molecular flexibility index (Phi) is 4.38. The number of pyridine rings is 1. The second-order valence-electron chi connectivity index (χ2n) is 5.41. The zero-order valence-electron chi connectivity index (χ0n) is 13.2. The van der Waals surface area contributed by atoms with Crippen LogP contribution < -0.4 is 0 Å². The number of carboxylic acids is 2. The second kappa shape index (κ2) is 6.54. The molecule has 0 amide bonds. The zero-order chi connectivity index (χ0) is 19.9. The summed E-state index contributed by atoms with van der Waals surface area (Å²) in [5.74, 6) is -3.98. The highest BCUT2D eigenvalue weighted by Crippen LogP contribution is 2.30. The zero-order valence-corrected chi connectivity index (χ0v) is 14.0. The van der Waals surface area contributed by atoms with Gasteiger partial charge in [0.05, 0.1) is 10.4 Å². The molecule has 0 saturated heterocycles. The summed E-state index contributed by atoms with van der Waals surface area (Å²) in [6, 6.07) is 8.61. The number of carbonyl (C=O) groups is 3. The Hall–Kier alpha value is -3.72. The molecule has 0 aliphatic carbocycles. The van der Waals surface area contributed by atoms with Gasteiger partial charge in [0.1, 0.15) is 22.0 Å². The fourth-order valence-corrected chi connectivity index (χ4v) is 3.02. The normalized spacial score (nSPS) is 10.7. The summed E-state index contributed by atoms with van der Waals surface area (Å²) in [7, 11) is 0. The Balaban J connectivity index is 2.34. The molecule has 10 heteroatoms. The summed E-state index contributed by atoms with van der Waals surface area (Å²) in [6.07, 6.45) is 0. The highest BCUT2D eigenvalue weighted by Gasteiger charge is 2.32. The molecule has 0 atom stereocenters. The molecular weight excluding hydrogens is 380 g/mol. The Labute approximate surface area is 155 Å². The van der Waals surface area contributed by atoms with Crippen LogP contribution in [0.2, 0.25) is 5.15 Å². The number of non-ortho nitro benzene ring substituents is 1. The summed E-state index contributed by atoms with van der Waals surface area (Å²) in [6.45, 7) is 0. The van der Waals surface area contributed by atoms with Gasteiger partial charge in [0.25, 0.3) is 5.69 Å². The number of nitro groups is 1. The molecule has 0 fully saturated rings. The highest BCUT2D eigenvalue weighted by atomic mass is 35.5. The van der Waals surface area contributed by atoms with Crippen molar-refractivity contribution in [2.45, 2.75) is 0 Å². The maximum absolute atomic E-state index is 12.9. The highest BCUT2D eigenvalue weighted by molar-refractivity contribution is 6.31. The van der Waals surface area contributed by atoms with E-state index in [-0.39, 0.29) is 21.9 Å². The van der Waals surface area contributed by atoms with E-state index in [1.54, 1.807) is 0 Å². The molecule has 9 nitrogen and oxygen atoms in total. The van der Waals surface area contributed by atoms with Crippen LogP contribution in [0.3, 0.4) is 0 Å². The van der Waals surface area contributed by atoms with Crippen molar-refractivity contribution in [3.63, 3.8) is 0 Å². The Morgan fingerprint density at radius 1 is 0.963 bits per heavy atom. The lowest BCUT2D eigenvalue weighted by molar-refractivity contribution is -0.384. The summed E-state index contributed by atoms with van der Waals surface area (Å²) in [4.78, 5) is 46.4. The number of hydrogen-bond donors (Lipinski definition) is 2. The van der Waals surface area contributed by atoms with Crippen LogP contribution in [0.25, 0.3) is 5.52 Å².